The zero-order valence-electron chi connectivity index (χ0n) is 30.9. The highest BCUT2D eigenvalue weighted by atomic mass is 31.2. The standard InChI is InChI=1S/C37H69N2O6P/c1-10-28(26(2)3)12-11-27(4)32-15-16-33-31-14-13-29-25-30(17-19-36(29,5)34(31)18-20-37(32,33)6)45-35(40)38-21-23-43-46(41,42)44-24-22-39(7,8)9/h26-34H,10-25H2,1-9H3,(H-,38,40,41,42)/p+1/t27-,28-,29+,30+,31?,32-,33?,34?,36+,37-/m1/s1. The molecular weight excluding hydrogens is 599 g/mol. The molecule has 4 saturated carbocycles. The fraction of sp³-hybridized carbons (Fsp3) is 0.973. The molecule has 1 amide bonds. The number of nitrogens with zero attached hydrogens (tertiary/aromatic N) is 1. The number of nitrogens with one attached hydrogen (secondary N) is 1. The third-order valence-corrected chi connectivity index (χ3v) is 14.8. The third-order valence-electron chi connectivity index (χ3n) is 13.8. The summed E-state index contributed by atoms with van der Waals surface area (Å²) >= 11 is 0. The van der Waals surface area contributed by atoms with Crippen molar-refractivity contribution < 1.29 is 32.5 Å². The molecule has 0 aromatic heterocycles. The molecule has 0 bridgehead atoms. The Morgan fingerprint density at radius 2 is 1.61 bits per heavy atom. The van der Waals surface area contributed by atoms with E-state index in [0.717, 1.165) is 60.7 Å². The van der Waals surface area contributed by atoms with Crippen molar-refractivity contribution in [2.45, 2.75) is 125 Å². The molecular formula is C37H70N2O6P+. The normalized spacial score (nSPS) is 37.0. The van der Waals surface area contributed by atoms with Crippen molar-refractivity contribution >= 4 is 13.9 Å². The molecule has 0 radical (unpaired) electrons. The fourth-order valence-corrected chi connectivity index (χ4v) is 11.7. The van der Waals surface area contributed by atoms with Gasteiger partial charge in [-0.1, -0.05) is 54.4 Å². The summed E-state index contributed by atoms with van der Waals surface area (Å²) in [6, 6.07) is 0. The van der Waals surface area contributed by atoms with Gasteiger partial charge in [-0.2, -0.15) is 0 Å². The monoisotopic (exact) mass is 669 g/mol. The van der Waals surface area contributed by atoms with Crippen LogP contribution in [0.5, 0.6) is 0 Å². The smallest absolute Gasteiger partial charge is 0.446 e. The van der Waals surface area contributed by atoms with E-state index in [0.29, 0.717) is 27.8 Å². The first-order valence-electron chi connectivity index (χ1n) is 18.9. The second-order valence-electron chi connectivity index (χ2n) is 17.7. The second kappa shape index (κ2) is 15.5. The number of phosphoric acid groups is 1. The van der Waals surface area contributed by atoms with Gasteiger partial charge < -0.3 is 19.4 Å². The Balaban J connectivity index is 1.23. The highest BCUT2D eigenvalue weighted by molar-refractivity contribution is 7.47. The number of rotatable bonds is 15. The summed E-state index contributed by atoms with van der Waals surface area (Å²) < 4.78 is 28.6. The Kier molecular flexibility index (Phi) is 12.8. The summed E-state index contributed by atoms with van der Waals surface area (Å²) in [5.41, 5.74) is 0.852. The lowest BCUT2D eigenvalue weighted by Crippen LogP contribution is -2.54. The molecule has 0 aliphatic heterocycles. The van der Waals surface area contributed by atoms with Gasteiger partial charge in [-0.15, -0.1) is 0 Å². The molecule has 0 spiro atoms. The average Bonchev–Trinajstić information content (AvgIpc) is 3.32. The van der Waals surface area contributed by atoms with E-state index in [1.807, 2.05) is 21.1 Å². The second-order valence-corrected chi connectivity index (χ2v) is 19.2. The van der Waals surface area contributed by atoms with Crippen LogP contribution in [-0.4, -0.2) is 69.0 Å². The number of amides is 1. The lowest BCUT2D eigenvalue weighted by Gasteiger charge is -2.61. The number of hydrogen-bond donors (Lipinski definition) is 2. The third kappa shape index (κ3) is 9.11. The van der Waals surface area contributed by atoms with Crippen molar-refractivity contribution in [3.8, 4) is 0 Å². The van der Waals surface area contributed by atoms with Crippen molar-refractivity contribution in [3.05, 3.63) is 0 Å². The van der Waals surface area contributed by atoms with Crippen LogP contribution >= 0.6 is 7.82 Å². The van der Waals surface area contributed by atoms with Crippen molar-refractivity contribution in [1.29, 1.82) is 0 Å². The van der Waals surface area contributed by atoms with Crippen LogP contribution in [0, 0.1) is 58.2 Å². The maximum Gasteiger partial charge on any atom is 0.472 e. The highest BCUT2D eigenvalue weighted by Crippen LogP contribution is 2.68. The zero-order chi connectivity index (χ0) is 33.9. The van der Waals surface area contributed by atoms with Crippen LogP contribution in [0.25, 0.3) is 0 Å². The van der Waals surface area contributed by atoms with E-state index in [4.69, 9.17) is 13.8 Å². The predicted molar refractivity (Wildman–Crippen MR) is 185 cm³/mol. The van der Waals surface area contributed by atoms with Gasteiger partial charge in [-0.25, -0.2) is 9.36 Å². The lowest BCUT2D eigenvalue weighted by molar-refractivity contribution is -0.870. The molecule has 4 aliphatic carbocycles. The molecule has 8 nitrogen and oxygen atoms in total. The Bertz CT molecular complexity index is 1050. The van der Waals surface area contributed by atoms with E-state index in [1.54, 1.807) is 0 Å². The molecule has 0 heterocycles. The Hall–Kier alpha value is -0.660. The summed E-state index contributed by atoms with van der Waals surface area (Å²) in [7, 11) is 1.79. The Morgan fingerprint density at radius 1 is 0.935 bits per heavy atom. The minimum Gasteiger partial charge on any atom is -0.446 e. The van der Waals surface area contributed by atoms with E-state index in [2.05, 4.69) is 46.9 Å². The van der Waals surface area contributed by atoms with E-state index >= 15 is 0 Å². The fourth-order valence-electron chi connectivity index (χ4n) is 11.0. The van der Waals surface area contributed by atoms with E-state index in [1.165, 1.54) is 57.8 Å². The van der Waals surface area contributed by atoms with Gasteiger partial charge in [0.1, 0.15) is 19.3 Å². The molecule has 46 heavy (non-hydrogen) atoms. The molecule has 4 fully saturated rings. The number of hydrogen-bond acceptors (Lipinski definition) is 5. The maximum absolute atomic E-state index is 12.6. The lowest BCUT2D eigenvalue weighted by atomic mass is 9.44. The SMILES string of the molecule is CC[C@H](CC[C@@H](C)[C@H]1CCC2C3CC[C@H]4C[C@@H](OC(=O)NCCOP(=O)(O)OCC[N+](C)(C)C)CC[C@]4(C)C3CC[C@@]21C)C(C)C. The predicted octanol–water partition coefficient (Wildman–Crippen LogP) is 8.68. The molecule has 4 unspecified atom stereocenters. The molecule has 4 aliphatic rings. The first kappa shape index (κ1) is 38.1. The van der Waals surface area contributed by atoms with Gasteiger partial charge in [0.25, 0.3) is 0 Å². The van der Waals surface area contributed by atoms with Crippen molar-refractivity contribution in [2.24, 2.45) is 58.2 Å². The van der Waals surface area contributed by atoms with Crippen molar-refractivity contribution in [1.82, 2.24) is 5.32 Å². The average molecular weight is 670 g/mol. The largest absolute Gasteiger partial charge is 0.472 e. The molecule has 0 aromatic rings. The minimum absolute atomic E-state index is 0.0679. The van der Waals surface area contributed by atoms with Gasteiger partial charge in [0.15, 0.2) is 0 Å². The minimum atomic E-state index is -4.14. The van der Waals surface area contributed by atoms with Gasteiger partial charge in [-0.05, 0) is 122 Å². The molecule has 4 rings (SSSR count). The van der Waals surface area contributed by atoms with Gasteiger partial charge in [0.05, 0.1) is 27.7 Å². The number of alkyl carbamates (subject to hydrolysis) is 1. The summed E-state index contributed by atoms with van der Waals surface area (Å²) in [5.74, 6) is 6.51. The molecule has 2 N–H and O–H groups in total. The zero-order valence-corrected chi connectivity index (χ0v) is 31.8. The number of phosphoric ester groups is 1. The molecule has 11 atom stereocenters. The number of quaternary nitrogens is 1. The summed E-state index contributed by atoms with van der Waals surface area (Å²) in [5, 5.41) is 2.70. The Labute approximate surface area is 281 Å². The highest BCUT2D eigenvalue weighted by Gasteiger charge is 2.60. The van der Waals surface area contributed by atoms with Crippen LogP contribution in [0.3, 0.4) is 0 Å². The maximum atomic E-state index is 12.6. The van der Waals surface area contributed by atoms with E-state index in [-0.39, 0.29) is 25.9 Å². The molecule has 268 valence electrons. The van der Waals surface area contributed by atoms with Gasteiger partial charge >= 0.3 is 13.9 Å². The first-order chi connectivity index (χ1) is 21.5. The topological polar surface area (TPSA) is 94.1 Å². The van der Waals surface area contributed by atoms with Crippen LogP contribution in [0.15, 0.2) is 0 Å². The van der Waals surface area contributed by atoms with Gasteiger partial charge in [0, 0.05) is 6.54 Å². The number of likely N-dealkylation sites (N-methyl/N-ethyl adjacent to an activating group) is 1. The summed E-state index contributed by atoms with van der Waals surface area (Å²) in [6.07, 6.45) is 14.8. The van der Waals surface area contributed by atoms with Crippen molar-refractivity contribution in [3.63, 3.8) is 0 Å². The number of fused-ring (bicyclic) bond motifs is 5. The van der Waals surface area contributed by atoms with Crippen LogP contribution in [0.2, 0.25) is 0 Å². The molecule has 0 aromatic carbocycles. The van der Waals surface area contributed by atoms with Gasteiger partial charge in [-0.3, -0.25) is 9.05 Å². The van der Waals surface area contributed by atoms with Crippen LogP contribution in [-0.2, 0) is 18.3 Å². The van der Waals surface area contributed by atoms with Crippen LogP contribution in [0.4, 0.5) is 4.79 Å². The Morgan fingerprint density at radius 3 is 2.28 bits per heavy atom. The number of carbonyl (C=O) groups excluding carboxylic acids is 1. The molecule has 9 heteroatoms. The quantitative estimate of drug-likeness (QED) is 0.103. The van der Waals surface area contributed by atoms with Crippen LogP contribution in [0.1, 0.15) is 119 Å². The summed E-state index contributed by atoms with van der Waals surface area (Å²) in [6.45, 7) is 15.7. The molecule has 0 saturated heterocycles. The van der Waals surface area contributed by atoms with Crippen LogP contribution < -0.4 is 5.32 Å². The van der Waals surface area contributed by atoms with E-state index < -0.39 is 13.9 Å². The van der Waals surface area contributed by atoms with Crippen molar-refractivity contribution in [2.75, 3.05) is 47.4 Å². The van der Waals surface area contributed by atoms with Gasteiger partial charge in [0.2, 0.25) is 0 Å². The summed E-state index contributed by atoms with van der Waals surface area (Å²) in [4.78, 5) is 22.5. The number of ether oxygens (including phenoxy) is 1. The number of carbonyl (C=O) groups is 1. The van der Waals surface area contributed by atoms with E-state index in [9.17, 15) is 14.3 Å². The first-order valence-corrected chi connectivity index (χ1v) is 20.4.